The summed E-state index contributed by atoms with van der Waals surface area (Å²) < 4.78 is 3.87. The van der Waals surface area contributed by atoms with Crippen molar-refractivity contribution in [3.05, 3.63) is 35.4 Å². The first-order chi connectivity index (χ1) is 8.20. The third kappa shape index (κ3) is 2.87. The van der Waals surface area contributed by atoms with Crippen LogP contribution in [0.25, 0.3) is 0 Å². The molecule has 0 aliphatic carbocycles. The lowest BCUT2D eigenvalue weighted by molar-refractivity contribution is 0.693. The molecular formula is C11H16ClN5. The summed E-state index contributed by atoms with van der Waals surface area (Å²) in [5.41, 5.74) is 1.03. The van der Waals surface area contributed by atoms with Crippen molar-refractivity contribution >= 4 is 11.6 Å². The Morgan fingerprint density at radius 1 is 1.41 bits per heavy atom. The van der Waals surface area contributed by atoms with Gasteiger partial charge in [-0.25, -0.2) is 9.97 Å². The molecule has 17 heavy (non-hydrogen) atoms. The topological polar surface area (TPSA) is 47.7 Å². The molecule has 2 aromatic heterocycles. The summed E-state index contributed by atoms with van der Waals surface area (Å²) in [5, 5.41) is 3.89. The minimum absolute atomic E-state index is 0.646. The molecule has 0 saturated carbocycles. The van der Waals surface area contributed by atoms with Crippen molar-refractivity contribution in [1.82, 2.24) is 24.4 Å². The molecule has 0 aliphatic rings. The summed E-state index contributed by atoms with van der Waals surface area (Å²) >= 11 is 5.93. The molecule has 0 bridgehead atoms. The van der Waals surface area contributed by atoms with Gasteiger partial charge in [0.05, 0.1) is 24.8 Å². The van der Waals surface area contributed by atoms with E-state index >= 15 is 0 Å². The van der Waals surface area contributed by atoms with Crippen molar-refractivity contribution in [2.45, 2.75) is 20.0 Å². The monoisotopic (exact) mass is 253 g/mol. The smallest absolute Gasteiger partial charge is 0.129 e. The van der Waals surface area contributed by atoms with Gasteiger partial charge in [-0.2, -0.15) is 0 Å². The van der Waals surface area contributed by atoms with Crippen molar-refractivity contribution < 1.29 is 0 Å². The molecule has 2 aromatic rings. The maximum absolute atomic E-state index is 5.93. The Balaban J connectivity index is 2.04. The highest BCUT2D eigenvalue weighted by Crippen LogP contribution is 2.10. The second kappa shape index (κ2) is 5.33. The Hall–Kier alpha value is -1.33. The van der Waals surface area contributed by atoms with Crippen molar-refractivity contribution in [2.24, 2.45) is 7.05 Å². The summed E-state index contributed by atoms with van der Waals surface area (Å²) in [6.45, 7) is 4.50. The van der Waals surface area contributed by atoms with Gasteiger partial charge in [0.25, 0.3) is 0 Å². The zero-order chi connectivity index (χ0) is 12.3. The predicted molar refractivity (Wildman–Crippen MR) is 66.9 cm³/mol. The van der Waals surface area contributed by atoms with Crippen molar-refractivity contribution in [3.8, 4) is 0 Å². The van der Waals surface area contributed by atoms with E-state index in [1.807, 2.05) is 28.7 Å². The Bertz CT molecular complexity index is 488. The Kier molecular flexibility index (Phi) is 3.81. The maximum Gasteiger partial charge on any atom is 0.129 e. The Labute approximate surface area is 105 Å². The van der Waals surface area contributed by atoms with Gasteiger partial charge in [0.2, 0.25) is 0 Å². The molecule has 0 aliphatic heterocycles. The molecule has 0 unspecified atom stereocenters. The minimum atomic E-state index is 0.646. The van der Waals surface area contributed by atoms with E-state index in [0.29, 0.717) is 11.7 Å². The molecule has 0 saturated heterocycles. The number of hydrogen-bond acceptors (Lipinski definition) is 3. The minimum Gasteiger partial charge on any atom is -0.330 e. The van der Waals surface area contributed by atoms with Gasteiger partial charge >= 0.3 is 0 Å². The number of rotatable bonds is 5. The fourth-order valence-corrected chi connectivity index (χ4v) is 1.72. The number of halogens is 1. The third-order valence-electron chi connectivity index (χ3n) is 2.59. The zero-order valence-electron chi connectivity index (χ0n) is 10.0. The number of hydrogen-bond donors (Lipinski definition) is 1. The predicted octanol–water partition coefficient (Wildman–Crippen LogP) is 1.43. The second-order valence-electron chi connectivity index (χ2n) is 3.87. The summed E-state index contributed by atoms with van der Waals surface area (Å²) in [4.78, 5) is 8.57. The summed E-state index contributed by atoms with van der Waals surface area (Å²) in [7, 11) is 1.90. The van der Waals surface area contributed by atoms with Crippen molar-refractivity contribution in [2.75, 3.05) is 6.54 Å². The van der Waals surface area contributed by atoms with Crippen LogP contribution < -0.4 is 5.32 Å². The van der Waals surface area contributed by atoms with E-state index in [1.165, 1.54) is 0 Å². The average molecular weight is 254 g/mol. The number of aromatic nitrogens is 4. The lowest BCUT2D eigenvalue weighted by Gasteiger charge is -2.03. The highest BCUT2D eigenvalue weighted by Gasteiger charge is 2.05. The van der Waals surface area contributed by atoms with E-state index in [4.69, 9.17) is 11.6 Å². The Morgan fingerprint density at radius 3 is 2.88 bits per heavy atom. The maximum atomic E-state index is 5.93. The molecule has 2 heterocycles. The SMILES string of the molecule is CCNCc1cn(Cc2ncc(Cl)n2C)cn1. The lowest BCUT2D eigenvalue weighted by atomic mass is 10.4. The molecule has 0 amide bonds. The normalized spacial score (nSPS) is 11.0. The second-order valence-corrected chi connectivity index (χ2v) is 4.26. The molecular weight excluding hydrogens is 238 g/mol. The van der Waals surface area contributed by atoms with Gasteiger partial charge in [-0.05, 0) is 6.54 Å². The van der Waals surface area contributed by atoms with E-state index in [0.717, 1.165) is 24.6 Å². The van der Waals surface area contributed by atoms with E-state index < -0.39 is 0 Å². The standard InChI is InChI=1S/C11H16ClN5/c1-3-13-4-9-6-17(8-15-9)7-11-14-5-10(12)16(11)2/h5-6,8,13H,3-4,7H2,1-2H3. The molecule has 0 spiro atoms. The fourth-order valence-electron chi connectivity index (χ4n) is 1.57. The number of nitrogens with one attached hydrogen (secondary N) is 1. The molecule has 1 N–H and O–H groups in total. The van der Waals surface area contributed by atoms with Crippen LogP contribution in [0, 0.1) is 0 Å². The van der Waals surface area contributed by atoms with Crippen LogP contribution in [0.2, 0.25) is 5.15 Å². The van der Waals surface area contributed by atoms with Crippen LogP contribution in [0.15, 0.2) is 18.7 Å². The van der Waals surface area contributed by atoms with Crippen molar-refractivity contribution in [3.63, 3.8) is 0 Å². The van der Waals surface area contributed by atoms with Crippen LogP contribution in [-0.2, 0) is 20.1 Å². The largest absolute Gasteiger partial charge is 0.330 e. The summed E-state index contributed by atoms with van der Waals surface area (Å²) in [6.07, 6.45) is 5.49. The first-order valence-corrected chi connectivity index (χ1v) is 5.96. The van der Waals surface area contributed by atoms with E-state index in [-0.39, 0.29) is 0 Å². The van der Waals surface area contributed by atoms with Crippen LogP contribution in [0.3, 0.4) is 0 Å². The van der Waals surface area contributed by atoms with Crippen LogP contribution in [0.4, 0.5) is 0 Å². The molecule has 0 radical (unpaired) electrons. The average Bonchev–Trinajstić information content (AvgIpc) is 2.89. The summed E-state index contributed by atoms with van der Waals surface area (Å²) in [5.74, 6) is 0.919. The molecule has 0 atom stereocenters. The van der Waals surface area contributed by atoms with Crippen LogP contribution in [0.5, 0.6) is 0 Å². The number of imidazole rings is 2. The van der Waals surface area contributed by atoms with Gasteiger partial charge < -0.3 is 14.5 Å². The molecule has 6 heteroatoms. The van der Waals surface area contributed by atoms with Crippen LogP contribution >= 0.6 is 11.6 Å². The van der Waals surface area contributed by atoms with Gasteiger partial charge in [0, 0.05) is 19.8 Å². The van der Waals surface area contributed by atoms with Crippen molar-refractivity contribution in [1.29, 1.82) is 0 Å². The fraction of sp³-hybridized carbons (Fsp3) is 0.455. The van der Waals surface area contributed by atoms with Gasteiger partial charge in [-0.1, -0.05) is 18.5 Å². The quantitative estimate of drug-likeness (QED) is 0.877. The zero-order valence-corrected chi connectivity index (χ0v) is 10.8. The Morgan fingerprint density at radius 2 is 2.24 bits per heavy atom. The first-order valence-electron chi connectivity index (χ1n) is 5.58. The van der Waals surface area contributed by atoms with Crippen LogP contribution in [-0.4, -0.2) is 25.6 Å². The van der Waals surface area contributed by atoms with Gasteiger partial charge in [0.15, 0.2) is 0 Å². The number of nitrogens with zero attached hydrogens (tertiary/aromatic N) is 4. The molecule has 0 fully saturated rings. The van der Waals surface area contributed by atoms with E-state index in [9.17, 15) is 0 Å². The summed E-state index contributed by atoms with van der Waals surface area (Å²) in [6, 6.07) is 0. The molecule has 2 rings (SSSR count). The van der Waals surface area contributed by atoms with Gasteiger partial charge in [-0.3, -0.25) is 0 Å². The lowest BCUT2D eigenvalue weighted by Crippen LogP contribution is -2.11. The molecule has 5 nitrogen and oxygen atoms in total. The van der Waals surface area contributed by atoms with Gasteiger partial charge in [-0.15, -0.1) is 0 Å². The third-order valence-corrected chi connectivity index (χ3v) is 2.95. The van der Waals surface area contributed by atoms with E-state index in [2.05, 4.69) is 22.2 Å². The van der Waals surface area contributed by atoms with Crippen LogP contribution in [0.1, 0.15) is 18.4 Å². The van der Waals surface area contributed by atoms with Gasteiger partial charge in [0.1, 0.15) is 11.0 Å². The first kappa shape index (κ1) is 12.1. The molecule has 0 aromatic carbocycles. The highest BCUT2D eigenvalue weighted by molar-refractivity contribution is 6.29. The molecule has 92 valence electrons. The highest BCUT2D eigenvalue weighted by atomic mass is 35.5. The van der Waals surface area contributed by atoms with E-state index in [1.54, 1.807) is 6.20 Å².